The molecule has 3 heterocycles. The molecule has 1 unspecified atom stereocenters. The van der Waals surface area contributed by atoms with E-state index in [0.29, 0.717) is 47.9 Å². The normalized spacial score (nSPS) is 19.8. The van der Waals surface area contributed by atoms with Gasteiger partial charge < -0.3 is 10.2 Å². The molecule has 214 valence electrons. The second-order valence-electron chi connectivity index (χ2n) is 10.8. The molecule has 3 aromatic rings. The van der Waals surface area contributed by atoms with E-state index in [1.54, 1.807) is 17.0 Å². The fourth-order valence-electron chi connectivity index (χ4n) is 6.40. The SMILES string of the molecule is CC(=O)N1CCC2(CC1)c1c(ccc(C(=O)Nc3cnccc3Cl)c1Cl)N(S(=O)(=O)c1ccc(F)cc1)C2C1CC1. The number of sulfonamides is 1. The van der Waals surface area contributed by atoms with Gasteiger partial charge in [0.25, 0.3) is 15.9 Å². The van der Waals surface area contributed by atoms with Crippen LogP contribution in [0, 0.1) is 11.7 Å². The smallest absolute Gasteiger partial charge is 0.264 e. The first-order valence-electron chi connectivity index (χ1n) is 13.3. The Morgan fingerprint density at radius 3 is 2.34 bits per heavy atom. The lowest BCUT2D eigenvalue weighted by Gasteiger charge is -2.45. The number of anilines is 2. The van der Waals surface area contributed by atoms with E-state index < -0.39 is 33.2 Å². The molecule has 1 atom stereocenters. The lowest BCUT2D eigenvalue weighted by Crippen LogP contribution is -2.54. The van der Waals surface area contributed by atoms with Gasteiger partial charge in [-0.1, -0.05) is 23.2 Å². The van der Waals surface area contributed by atoms with Crippen LogP contribution in [-0.2, 0) is 20.2 Å². The van der Waals surface area contributed by atoms with E-state index in [9.17, 15) is 22.4 Å². The number of benzene rings is 2. The number of hydrogen-bond donors (Lipinski definition) is 1. The first-order valence-corrected chi connectivity index (χ1v) is 15.5. The number of amides is 2. The summed E-state index contributed by atoms with van der Waals surface area (Å²) < 4.78 is 43.7. The van der Waals surface area contributed by atoms with Gasteiger partial charge in [0.2, 0.25) is 5.91 Å². The number of piperidine rings is 1. The average Bonchev–Trinajstić information content (AvgIpc) is 3.74. The Labute approximate surface area is 247 Å². The third-order valence-electron chi connectivity index (χ3n) is 8.47. The molecule has 1 saturated carbocycles. The fourth-order valence-corrected chi connectivity index (χ4v) is 8.78. The highest BCUT2D eigenvalue weighted by atomic mass is 35.5. The molecule has 41 heavy (non-hydrogen) atoms. The van der Waals surface area contributed by atoms with Crippen molar-refractivity contribution < 1.29 is 22.4 Å². The first-order chi connectivity index (χ1) is 19.5. The van der Waals surface area contributed by atoms with Crippen LogP contribution in [0.15, 0.2) is 59.8 Å². The Hall–Kier alpha value is -3.21. The third kappa shape index (κ3) is 4.66. The van der Waals surface area contributed by atoms with Crippen molar-refractivity contribution in [2.75, 3.05) is 22.7 Å². The molecule has 1 N–H and O–H groups in total. The van der Waals surface area contributed by atoms with Crippen LogP contribution in [0.2, 0.25) is 10.0 Å². The van der Waals surface area contributed by atoms with Crippen molar-refractivity contribution >= 4 is 56.4 Å². The molecule has 2 fully saturated rings. The molecule has 2 aliphatic heterocycles. The molecular weight excluding hydrogens is 590 g/mol. The number of likely N-dealkylation sites (tertiary alicyclic amines) is 1. The summed E-state index contributed by atoms with van der Waals surface area (Å²) in [6.07, 6.45) is 5.59. The summed E-state index contributed by atoms with van der Waals surface area (Å²) in [5.41, 5.74) is 0.763. The molecule has 6 rings (SSSR count). The summed E-state index contributed by atoms with van der Waals surface area (Å²) in [4.78, 5) is 31.4. The number of carbonyl (C=O) groups excluding carboxylic acids is 2. The van der Waals surface area contributed by atoms with Crippen molar-refractivity contribution in [2.24, 2.45) is 5.92 Å². The molecule has 1 saturated heterocycles. The molecule has 8 nitrogen and oxygen atoms in total. The van der Waals surface area contributed by atoms with E-state index in [0.717, 1.165) is 25.0 Å². The number of fused-ring (bicyclic) bond motifs is 2. The minimum Gasteiger partial charge on any atom is -0.343 e. The van der Waals surface area contributed by atoms with Crippen LogP contribution in [0.3, 0.4) is 0 Å². The number of carbonyl (C=O) groups is 2. The molecule has 12 heteroatoms. The van der Waals surface area contributed by atoms with Gasteiger partial charge in [-0.3, -0.25) is 18.9 Å². The Balaban J connectivity index is 1.51. The van der Waals surface area contributed by atoms with E-state index in [1.807, 2.05) is 0 Å². The highest BCUT2D eigenvalue weighted by Crippen LogP contribution is 2.61. The van der Waals surface area contributed by atoms with Crippen molar-refractivity contribution in [1.82, 2.24) is 9.88 Å². The number of nitrogens with zero attached hydrogens (tertiary/aromatic N) is 3. The number of nitrogens with one attached hydrogen (secondary N) is 1. The van der Waals surface area contributed by atoms with Crippen LogP contribution in [0.4, 0.5) is 15.8 Å². The highest BCUT2D eigenvalue weighted by molar-refractivity contribution is 7.93. The van der Waals surface area contributed by atoms with Crippen molar-refractivity contribution in [3.63, 3.8) is 0 Å². The molecule has 3 aliphatic rings. The van der Waals surface area contributed by atoms with Crippen molar-refractivity contribution in [3.05, 3.63) is 81.8 Å². The number of pyridine rings is 1. The molecule has 2 amide bonds. The minimum absolute atomic E-state index is 0.0297. The van der Waals surface area contributed by atoms with Gasteiger partial charge >= 0.3 is 0 Å². The Morgan fingerprint density at radius 2 is 1.73 bits per heavy atom. The van der Waals surface area contributed by atoms with Crippen LogP contribution >= 0.6 is 23.2 Å². The molecular formula is C29H27Cl2FN4O4S. The van der Waals surface area contributed by atoms with Gasteiger partial charge in [-0.05, 0) is 74.1 Å². The second kappa shape index (κ2) is 10.3. The van der Waals surface area contributed by atoms with Gasteiger partial charge in [-0.2, -0.15) is 0 Å². The highest BCUT2D eigenvalue weighted by Gasteiger charge is 2.61. The standard InChI is InChI=1S/C29H27Cl2FN4O4S/c1-17(37)35-14-11-29(12-15-35)25-24(9-8-21(26(25)31)28(38)34-23-16-33-13-10-22(23)30)36(27(29)18-2-3-18)41(39,40)20-6-4-19(32)5-7-20/h4-10,13,16,18,27H,2-3,11-12,14-15H2,1H3,(H,34,38). The second-order valence-corrected chi connectivity index (χ2v) is 13.4. The van der Waals surface area contributed by atoms with Crippen molar-refractivity contribution in [2.45, 2.75) is 49.0 Å². The van der Waals surface area contributed by atoms with Crippen LogP contribution < -0.4 is 9.62 Å². The van der Waals surface area contributed by atoms with Gasteiger partial charge in [0.1, 0.15) is 5.82 Å². The third-order valence-corrected chi connectivity index (χ3v) is 11.0. The maximum atomic E-state index is 14.3. The van der Waals surface area contributed by atoms with E-state index in [4.69, 9.17) is 23.2 Å². The van der Waals surface area contributed by atoms with E-state index in [-0.39, 0.29) is 27.3 Å². The number of halogens is 3. The van der Waals surface area contributed by atoms with E-state index >= 15 is 0 Å². The van der Waals surface area contributed by atoms with Crippen molar-refractivity contribution in [3.8, 4) is 0 Å². The van der Waals surface area contributed by atoms with Crippen LogP contribution in [0.25, 0.3) is 0 Å². The van der Waals surface area contributed by atoms with Gasteiger partial charge in [-0.25, -0.2) is 12.8 Å². The van der Waals surface area contributed by atoms with E-state index in [1.165, 1.54) is 41.8 Å². The zero-order valence-corrected chi connectivity index (χ0v) is 24.4. The molecule has 0 bridgehead atoms. The quantitative estimate of drug-likeness (QED) is 0.399. The largest absolute Gasteiger partial charge is 0.343 e. The molecule has 1 aromatic heterocycles. The molecule has 1 spiro atoms. The summed E-state index contributed by atoms with van der Waals surface area (Å²) >= 11 is 13.3. The topological polar surface area (TPSA) is 99.7 Å². The average molecular weight is 618 g/mol. The fraction of sp³-hybridized carbons (Fsp3) is 0.345. The zero-order chi connectivity index (χ0) is 29.1. The number of aromatic nitrogens is 1. The van der Waals surface area contributed by atoms with Crippen molar-refractivity contribution in [1.29, 1.82) is 0 Å². The predicted molar refractivity (Wildman–Crippen MR) is 154 cm³/mol. The summed E-state index contributed by atoms with van der Waals surface area (Å²) in [5.74, 6) is -1.02. The molecule has 1 aliphatic carbocycles. The maximum absolute atomic E-state index is 14.3. The monoisotopic (exact) mass is 616 g/mol. The summed E-state index contributed by atoms with van der Waals surface area (Å²) in [7, 11) is -4.13. The lowest BCUT2D eigenvalue weighted by atomic mass is 9.68. The molecule has 2 aromatic carbocycles. The lowest BCUT2D eigenvalue weighted by molar-refractivity contribution is -0.130. The maximum Gasteiger partial charge on any atom is 0.264 e. The molecule has 0 radical (unpaired) electrons. The zero-order valence-electron chi connectivity index (χ0n) is 22.1. The van der Waals surface area contributed by atoms with Gasteiger partial charge in [-0.15, -0.1) is 0 Å². The first kappa shape index (κ1) is 27.9. The van der Waals surface area contributed by atoms with E-state index in [2.05, 4.69) is 10.3 Å². The van der Waals surface area contributed by atoms with Crippen LogP contribution in [0.5, 0.6) is 0 Å². The number of rotatable bonds is 5. The van der Waals surface area contributed by atoms with Gasteiger partial charge in [0, 0.05) is 37.2 Å². The minimum atomic E-state index is -4.13. The Bertz CT molecular complexity index is 1660. The predicted octanol–water partition coefficient (Wildman–Crippen LogP) is 5.65. The summed E-state index contributed by atoms with van der Waals surface area (Å²) in [5, 5.41) is 3.23. The van der Waals surface area contributed by atoms with Crippen LogP contribution in [0.1, 0.15) is 48.5 Å². The Kier molecular flexibility index (Phi) is 6.99. The summed E-state index contributed by atoms with van der Waals surface area (Å²) in [6, 6.07) is 9.01. The Morgan fingerprint density at radius 1 is 1.05 bits per heavy atom. The van der Waals surface area contributed by atoms with Crippen LogP contribution in [-0.4, -0.2) is 49.2 Å². The van der Waals surface area contributed by atoms with Gasteiger partial charge in [0.15, 0.2) is 0 Å². The number of hydrogen-bond acceptors (Lipinski definition) is 5. The van der Waals surface area contributed by atoms with Gasteiger partial charge in [0.05, 0.1) is 44.1 Å². The summed E-state index contributed by atoms with van der Waals surface area (Å²) in [6.45, 7) is 2.38.